The second-order valence-electron chi connectivity index (χ2n) is 3.75. The minimum atomic E-state index is 0.133. The lowest BCUT2D eigenvalue weighted by Gasteiger charge is -2.06. The second-order valence-corrected chi connectivity index (χ2v) is 5.98. The van der Waals surface area contributed by atoms with E-state index < -0.39 is 0 Å². The molecule has 0 aliphatic carbocycles. The van der Waals surface area contributed by atoms with Gasteiger partial charge in [-0.05, 0) is 23.8 Å². The van der Waals surface area contributed by atoms with E-state index >= 15 is 0 Å². The molecule has 0 bridgehead atoms. The number of hydrogen-bond donors (Lipinski definition) is 1. The summed E-state index contributed by atoms with van der Waals surface area (Å²) in [5.41, 5.74) is 0. The van der Waals surface area contributed by atoms with Crippen molar-refractivity contribution in [2.45, 2.75) is 24.5 Å². The predicted octanol–water partition coefficient (Wildman–Crippen LogP) is 3.00. The van der Waals surface area contributed by atoms with Crippen LogP contribution in [0, 0.1) is 5.92 Å². The Morgan fingerprint density at radius 2 is 2.40 bits per heavy atom. The lowest BCUT2D eigenvalue weighted by molar-refractivity contribution is -0.118. The molecule has 84 valence electrons. The Bertz CT molecular complexity index is 283. The molecular weight excluding hydrogens is 226 g/mol. The highest BCUT2D eigenvalue weighted by Crippen LogP contribution is 2.22. The lowest BCUT2D eigenvalue weighted by Crippen LogP contribution is -2.26. The van der Waals surface area contributed by atoms with Crippen LogP contribution in [-0.4, -0.2) is 18.2 Å². The molecule has 1 aromatic rings. The number of thioether (sulfide) groups is 1. The molecule has 1 N–H and O–H groups in total. The normalized spacial score (nSPS) is 10.6. The molecule has 1 aromatic heterocycles. The Kier molecular flexibility index (Phi) is 5.79. The zero-order valence-corrected chi connectivity index (χ0v) is 10.8. The minimum absolute atomic E-state index is 0.133. The molecule has 1 amide bonds. The second kappa shape index (κ2) is 6.90. The van der Waals surface area contributed by atoms with Crippen LogP contribution in [0.4, 0.5) is 0 Å². The van der Waals surface area contributed by atoms with Gasteiger partial charge in [0.2, 0.25) is 5.91 Å². The van der Waals surface area contributed by atoms with Gasteiger partial charge in [-0.3, -0.25) is 4.79 Å². The fourth-order valence-electron chi connectivity index (χ4n) is 1.03. The van der Waals surface area contributed by atoms with Crippen molar-refractivity contribution < 1.29 is 4.79 Å². The Morgan fingerprint density at radius 1 is 1.60 bits per heavy atom. The van der Waals surface area contributed by atoms with E-state index in [2.05, 4.69) is 19.2 Å². The molecule has 0 unspecified atom stereocenters. The van der Waals surface area contributed by atoms with E-state index in [-0.39, 0.29) is 5.91 Å². The van der Waals surface area contributed by atoms with Gasteiger partial charge in [-0.1, -0.05) is 19.9 Å². The molecule has 1 rings (SSSR count). The average Bonchev–Trinajstić information content (AvgIpc) is 2.66. The maximum absolute atomic E-state index is 11.4. The molecule has 15 heavy (non-hydrogen) atoms. The van der Waals surface area contributed by atoms with Crippen LogP contribution >= 0.6 is 23.1 Å². The van der Waals surface area contributed by atoms with Crippen LogP contribution in [0.15, 0.2) is 21.7 Å². The zero-order chi connectivity index (χ0) is 11.1. The highest BCUT2D eigenvalue weighted by molar-refractivity contribution is 8.01. The van der Waals surface area contributed by atoms with Crippen molar-refractivity contribution in [3.63, 3.8) is 0 Å². The number of amides is 1. The Labute approximate surface area is 99.5 Å². The SMILES string of the molecule is CC(C)CCNC(=O)CSc1cccs1. The molecule has 1 heterocycles. The summed E-state index contributed by atoms with van der Waals surface area (Å²) in [4.78, 5) is 11.4. The van der Waals surface area contributed by atoms with Gasteiger partial charge in [-0.2, -0.15) is 0 Å². The molecule has 4 heteroatoms. The number of carbonyl (C=O) groups excluding carboxylic acids is 1. The quantitative estimate of drug-likeness (QED) is 0.778. The summed E-state index contributed by atoms with van der Waals surface area (Å²) in [5, 5.41) is 4.95. The van der Waals surface area contributed by atoms with Gasteiger partial charge in [0.05, 0.1) is 9.96 Å². The van der Waals surface area contributed by atoms with Gasteiger partial charge in [0.25, 0.3) is 0 Å². The lowest BCUT2D eigenvalue weighted by atomic mass is 10.1. The molecular formula is C11H17NOS2. The van der Waals surface area contributed by atoms with Crippen LogP contribution in [0.3, 0.4) is 0 Å². The topological polar surface area (TPSA) is 29.1 Å². The van der Waals surface area contributed by atoms with Crippen molar-refractivity contribution in [1.29, 1.82) is 0 Å². The fraction of sp³-hybridized carbons (Fsp3) is 0.545. The van der Waals surface area contributed by atoms with E-state index in [1.165, 1.54) is 4.21 Å². The summed E-state index contributed by atoms with van der Waals surface area (Å²) in [6, 6.07) is 4.04. The zero-order valence-electron chi connectivity index (χ0n) is 9.16. The third-order valence-electron chi connectivity index (χ3n) is 1.88. The van der Waals surface area contributed by atoms with Crippen LogP contribution < -0.4 is 5.32 Å². The van der Waals surface area contributed by atoms with Gasteiger partial charge in [0.1, 0.15) is 0 Å². The van der Waals surface area contributed by atoms with E-state index in [0.29, 0.717) is 11.7 Å². The van der Waals surface area contributed by atoms with Crippen LogP contribution in [0.25, 0.3) is 0 Å². The fourth-order valence-corrected chi connectivity index (χ4v) is 2.65. The first-order chi connectivity index (χ1) is 7.18. The van der Waals surface area contributed by atoms with E-state index in [1.54, 1.807) is 23.1 Å². The van der Waals surface area contributed by atoms with Crippen LogP contribution in [0.5, 0.6) is 0 Å². The van der Waals surface area contributed by atoms with Crippen molar-refractivity contribution in [2.24, 2.45) is 5.92 Å². The first-order valence-corrected chi connectivity index (χ1v) is 6.98. The van der Waals surface area contributed by atoms with Gasteiger partial charge < -0.3 is 5.32 Å². The Balaban J connectivity index is 2.09. The summed E-state index contributed by atoms with van der Waals surface area (Å²) in [5.74, 6) is 1.31. The summed E-state index contributed by atoms with van der Waals surface area (Å²) in [6.07, 6.45) is 1.05. The number of carbonyl (C=O) groups is 1. The van der Waals surface area contributed by atoms with Crippen molar-refractivity contribution >= 4 is 29.0 Å². The number of thiophene rings is 1. The highest BCUT2D eigenvalue weighted by Gasteiger charge is 2.03. The van der Waals surface area contributed by atoms with Crippen molar-refractivity contribution in [2.75, 3.05) is 12.3 Å². The molecule has 0 fully saturated rings. The van der Waals surface area contributed by atoms with Gasteiger partial charge in [-0.15, -0.1) is 23.1 Å². The third-order valence-corrected chi connectivity index (χ3v) is 4.02. The van der Waals surface area contributed by atoms with Crippen LogP contribution in [0.1, 0.15) is 20.3 Å². The summed E-state index contributed by atoms with van der Waals surface area (Å²) in [6.45, 7) is 5.11. The maximum Gasteiger partial charge on any atom is 0.230 e. The van der Waals surface area contributed by atoms with Crippen LogP contribution in [-0.2, 0) is 4.79 Å². The summed E-state index contributed by atoms with van der Waals surface area (Å²) in [7, 11) is 0. The van der Waals surface area contributed by atoms with Crippen molar-refractivity contribution in [3.05, 3.63) is 17.5 Å². The van der Waals surface area contributed by atoms with Gasteiger partial charge in [-0.25, -0.2) is 0 Å². The molecule has 0 radical (unpaired) electrons. The monoisotopic (exact) mass is 243 g/mol. The van der Waals surface area contributed by atoms with E-state index in [4.69, 9.17) is 0 Å². The molecule has 0 saturated heterocycles. The molecule has 0 aliphatic heterocycles. The predicted molar refractivity (Wildman–Crippen MR) is 67.5 cm³/mol. The Morgan fingerprint density at radius 3 is 3.00 bits per heavy atom. The van der Waals surface area contributed by atoms with Gasteiger partial charge in [0, 0.05) is 6.54 Å². The van der Waals surface area contributed by atoms with E-state index in [0.717, 1.165) is 13.0 Å². The van der Waals surface area contributed by atoms with E-state index in [9.17, 15) is 4.79 Å². The molecule has 2 nitrogen and oxygen atoms in total. The van der Waals surface area contributed by atoms with E-state index in [1.807, 2.05) is 17.5 Å². The van der Waals surface area contributed by atoms with Gasteiger partial charge in [0.15, 0.2) is 0 Å². The highest BCUT2D eigenvalue weighted by atomic mass is 32.2. The van der Waals surface area contributed by atoms with Gasteiger partial charge >= 0.3 is 0 Å². The van der Waals surface area contributed by atoms with Crippen molar-refractivity contribution in [1.82, 2.24) is 5.32 Å². The third kappa shape index (κ3) is 5.85. The average molecular weight is 243 g/mol. The molecule has 0 aromatic carbocycles. The number of nitrogens with one attached hydrogen (secondary N) is 1. The summed E-state index contributed by atoms with van der Waals surface area (Å²) >= 11 is 3.28. The Hall–Kier alpha value is -0.480. The first kappa shape index (κ1) is 12.6. The molecule has 0 aliphatic rings. The maximum atomic E-state index is 11.4. The number of hydrogen-bond acceptors (Lipinski definition) is 3. The number of rotatable bonds is 6. The van der Waals surface area contributed by atoms with Crippen LogP contribution in [0.2, 0.25) is 0 Å². The largest absolute Gasteiger partial charge is 0.355 e. The summed E-state index contributed by atoms with van der Waals surface area (Å²) < 4.78 is 1.20. The molecule has 0 atom stereocenters. The van der Waals surface area contributed by atoms with Crippen molar-refractivity contribution in [3.8, 4) is 0 Å². The molecule has 0 saturated carbocycles. The smallest absolute Gasteiger partial charge is 0.230 e. The molecule has 0 spiro atoms. The first-order valence-electron chi connectivity index (χ1n) is 5.11. The standard InChI is InChI=1S/C11H17NOS2/c1-9(2)5-6-12-10(13)8-15-11-4-3-7-14-11/h3-4,7,9H,5-6,8H2,1-2H3,(H,12,13). The minimum Gasteiger partial charge on any atom is -0.355 e.